The summed E-state index contributed by atoms with van der Waals surface area (Å²) in [5.41, 5.74) is 3.73. The normalized spacial score (nSPS) is 11.1. The van der Waals surface area contributed by atoms with Crippen LogP contribution in [0.4, 0.5) is 5.69 Å². The fraction of sp³-hybridized carbons (Fsp3) is 0.0741. The number of H-pyrrole nitrogens is 1. The third-order valence-corrected chi connectivity index (χ3v) is 5.14. The number of hydrogen-bond acceptors (Lipinski definition) is 5. The van der Waals surface area contributed by atoms with Crippen molar-refractivity contribution in [2.45, 2.75) is 0 Å². The van der Waals surface area contributed by atoms with Crippen molar-refractivity contribution in [1.29, 1.82) is 0 Å². The molecule has 1 amide bonds. The lowest BCUT2D eigenvalue weighted by atomic mass is 10.0. The van der Waals surface area contributed by atoms with Crippen LogP contribution >= 0.6 is 0 Å². The lowest BCUT2D eigenvalue weighted by molar-refractivity contribution is -0.111. The van der Waals surface area contributed by atoms with Crippen LogP contribution < -0.4 is 20.3 Å². The molecule has 1 aromatic heterocycles. The van der Waals surface area contributed by atoms with Gasteiger partial charge in [-0.15, -0.1) is 0 Å². The Balaban J connectivity index is 1.67. The van der Waals surface area contributed by atoms with Gasteiger partial charge in [0.15, 0.2) is 11.5 Å². The first-order valence-corrected chi connectivity index (χ1v) is 10.5. The summed E-state index contributed by atoms with van der Waals surface area (Å²) in [6, 6.07) is 25.2. The highest BCUT2D eigenvalue weighted by Crippen LogP contribution is 2.30. The molecule has 1 heterocycles. The number of nitrogens with zero attached hydrogens (tertiary/aromatic N) is 1. The molecule has 0 saturated carbocycles. The molecule has 0 aliphatic rings. The molecule has 4 aromatic rings. The van der Waals surface area contributed by atoms with Gasteiger partial charge in [-0.3, -0.25) is 9.59 Å². The molecule has 0 aliphatic carbocycles. The summed E-state index contributed by atoms with van der Waals surface area (Å²) in [7, 11) is 3.15. The Bertz CT molecular complexity index is 1370. The zero-order chi connectivity index (χ0) is 23.9. The van der Waals surface area contributed by atoms with Crippen LogP contribution in [0.2, 0.25) is 0 Å². The zero-order valence-electron chi connectivity index (χ0n) is 18.7. The second-order valence-corrected chi connectivity index (χ2v) is 7.38. The first-order chi connectivity index (χ1) is 16.6. The van der Waals surface area contributed by atoms with E-state index >= 15 is 0 Å². The van der Waals surface area contributed by atoms with Gasteiger partial charge in [0.05, 0.1) is 19.9 Å². The summed E-state index contributed by atoms with van der Waals surface area (Å²) in [6.07, 6.45) is 1.81. The minimum atomic E-state index is -0.277. The average molecular weight is 453 g/mol. The van der Waals surface area contributed by atoms with Gasteiger partial charge in [0.2, 0.25) is 0 Å². The van der Waals surface area contributed by atoms with Gasteiger partial charge in [-0.05, 0) is 47.5 Å². The van der Waals surface area contributed by atoms with Crippen LogP contribution in [0.3, 0.4) is 0 Å². The Morgan fingerprint density at radius 3 is 2.38 bits per heavy atom. The molecule has 0 unspecified atom stereocenters. The third-order valence-electron chi connectivity index (χ3n) is 5.14. The fourth-order valence-electron chi connectivity index (χ4n) is 3.47. The molecule has 7 heteroatoms. The molecule has 34 heavy (non-hydrogen) atoms. The van der Waals surface area contributed by atoms with E-state index in [1.807, 2.05) is 54.6 Å². The van der Waals surface area contributed by atoms with Crippen LogP contribution in [-0.4, -0.2) is 30.3 Å². The van der Waals surface area contributed by atoms with Gasteiger partial charge in [-0.2, -0.15) is 5.10 Å². The lowest BCUT2D eigenvalue weighted by Gasteiger charge is -2.12. The minimum Gasteiger partial charge on any atom is -0.493 e. The summed E-state index contributed by atoms with van der Waals surface area (Å²) in [6.45, 7) is 0. The largest absolute Gasteiger partial charge is 0.493 e. The molecule has 0 fully saturated rings. The van der Waals surface area contributed by atoms with Crippen molar-refractivity contribution >= 4 is 23.2 Å². The molecule has 3 aromatic carbocycles. The van der Waals surface area contributed by atoms with Crippen LogP contribution in [0, 0.1) is 0 Å². The van der Waals surface area contributed by atoms with Crippen molar-refractivity contribution in [2.24, 2.45) is 0 Å². The summed E-state index contributed by atoms with van der Waals surface area (Å²) in [5, 5.41) is 9.45. The minimum absolute atomic E-state index is 0.271. The molecule has 2 N–H and O–H groups in total. The van der Waals surface area contributed by atoms with Crippen molar-refractivity contribution in [1.82, 2.24) is 10.2 Å². The number of aromatic amines is 1. The van der Waals surface area contributed by atoms with Crippen LogP contribution in [0.5, 0.6) is 11.5 Å². The number of aromatic nitrogens is 2. The van der Waals surface area contributed by atoms with E-state index in [0.29, 0.717) is 28.5 Å². The van der Waals surface area contributed by atoms with Gasteiger partial charge in [-0.1, -0.05) is 48.5 Å². The number of carbonyl (C=O) groups is 1. The van der Waals surface area contributed by atoms with Crippen LogP contribution in [0.15, 0.2) is 89.7 Å². The molecule has 170 valence electrons. The Morgan fingerprint density at radius 1 is 0.882 bits per heavy atom. The summed E-state index contributed by atoms with van der Waals surface area (Å²) >= 11 is 0. The molecular weight excluding hydrogens is 430 g/mol. The quantitative estimate of drug-likeness (QED) is 0.314. The number of nitrogens with one attached hydrogen (secondary N) is 2. The predicted octanol–water partition coefficient (Wildman–Crippen LogP) is 4.63. The lowest BCUT2D eigenvalue weighted by Crippen LogP contribution is -2.13. The van der Waals surface area contributed by atoms with Gasteiger partial charge in [0.1, 0.15) is 0 Å². The van der Waals surface area contributed by atoms with Crippen molar-refractivity contribution in [3.8, 4) is 22.8 Å². The van der Waals surface area contributed by atoms with Crippen LogP contribution in [0.1, 0.15) is 11.1 Å². The maximum atomic E-state index is 13.4. The second kappa shape index (κ2) is 10.3. The Morgan fingerprint density at radius 2 is 1.68 bits per heavy atom. The van der Waals surface area contributed by atoms with E-state index in [1.54, 1.807) is 44.6 Å². The first-order valence-electron chi connectivity index (χ1n) is 10.5. The average Bonchev–Trinajstić information content (AvgIpc) is 2.88. The van der Waals surface area contributed by atoms with Crippen LogP contribution in [-0.2, 0) is 4.79 Å². The maximum Gasteiger partial charge on any atom is 0.264 e. The first kappa shape index (κ1) is 22.5. The van der Waals surface area contributed by atoms with Crippen molar-refractivity contribution in [2.75, 3.05) is 19.5 Å². The summed E-state index contributed by atoms with van der Waals surface area (Å²) in [4.78, 5) is 24.7. The van der Waals surface area contributed by atoms with Gasteiger partial charge in [0, 0.05) is 22.9 Å². The molecule has 0 aliphatic heterocycles. The van der Waals surface area contributed by atoms with Gasteiger partial charge >= 0.3 is 0 Å². The Labute approximate surface area is 196 Å². The molecule has 4 rings (SSSR count). The second-order valence-electron chi connectivity index (χ2n) is 7.38. The van der Waals surface area contributed by atoms with Gasteiger partial charge in [-0.25, -0.2) is 5.10 Å². The zero-order valence-corrected chi connectivity index (χ0v) is 18.7. The standard InChI is InChI=1S/C27H23N3O4/c1-33-24-13-11-18(16-25(24)34-2)15-22(19-7-4-3-5-8-19)27(32)28-21-10-6-9-20(17-21)23-12-14-26(31)30-29-23/h3-17H,1-2H3,(H,28,32)(H,30,31)/b22-15+. The number of rotatable bonds is 7. The maximum absolute atomic E-state index is 13.4. The van der Waals surface area contributed by atoms with Gasteiger partial charge in [0.25, 0.3) is 11.5 Å². The number of methoxy groups -OCH3 is 2. The van der Waals surface area contributed by atoms with E-state index in [2.05, 4.69) is 15.5 Å². The van der Waals surface area contributed by atoms with Crippen molar-refractivity contribution in [3.63, 3.8) is 0 Å². The SMILES string of the molecule is COc1ccc(/C=C(/C(=O)Nc2cccc(-c3ccc(=O)[nH]n3)c2)c2ccccc2)cc1OC. The third kappa shape index (κ3) is 5.21. The van der Waals surface area contributed by atoms with Gasteiger partial charge < -0.3 is 14.8 Å². The summed E-state index contributed by atoms with van der Waals surface area (Å²) < 4.78 is 10.7. The number of ether oxygens (including phenoxy) is 2. The topological polar surface area (TPSA) is 93.3 Å². The number of hydrogen-bond donors (Lipinski definition) is 2. The molecule has 7 nitrogen and oxygen atoms in total. The molecule has 0 saturated heterocycles. The molecular formula is C27H23N3O4. The fourth-order valence-corrected chi connectivity index (χ4v) is 3.47. The summed E-state index contributed by atoms with van der Waals surface area (Å²) in [5.74, 6) is 0.913. The highest BCUT2D eigenvalue weighted by atomic mass is 16.5. The number of anilines is 1. The van der Waals surface area contributed by atoms with Crippen molar-refractivity contribution in [3.05, 3.63) is 106 Å². The number of amides is 1. The van der Waals surface area contributed by atoms with Crippen molar-refractivity contribution < 1.29 is 14.3 Å². The van der Waals surface area contributed by atoms with E-state index in [4.69, 9.17) is 9.47 Å². The van der Waals surface area contributed by atoms with E-state index < -0.39 is 0 Å². The Kier molecular flexibility index (Phi) is 6.84. The van der Waals surface area contributed by atoms with E-state index in [9.17, 15) is 9.59 Å². The molecule has 0 atom stereocenters. The van der Waals surface area contributed by atoms with E-state index in [0.717, 1.165) is 16.7 Å². The monoisotopic (exact) mass is 453 g/mol. The molecule has 0 radical (unpaired) electrons. The number of carbonyl (C=O) groups excluding carboxylic acids is 1. The highest BCUT2D eigenvalue weighted by molar-refractivity contribution is 6.29. The van der Waals surface area contributed by atoms with E-state index in [1.165, 1.54) is 6.07 Å². The molecule has 0 bridgehead atoms. The smallest absolute Gasteiger partial charge is 0.264 e. The Hall–Kier alpha value is -4.65. The predicted molar refractivity (Wildman–Crippen MR) is 133 cm³/mol. The highest BCUT2D eigenvalue weighted by Gasteiger charge is 2.14. The van der Waals surface area contributed by atoms with Crippen LogP contribution in [0.25, 0.3) is 22.9 Å². The van der Waals surface area contributed by atoms with E-state index in [-0.39, 0.29) is 11.5 Å². The molecule has 0 spiro atoms. The number of benzene rings is 3.